The first-order valence-electron chi connectivity index (χ1n) is 8.74. The lowest BCUT2D eigenvalue weighted by molar-refractivity contribution is -0.121. The lowest BCUT2D eigenvalue weighted by Crippen LogP contribution is -2.34. The van der Waals surface area contributed by atoms with Gasteiger partial charge in [-0.3, -0.25) is 4.79 Å². The van der Waals surface area contributed by atoms with Gasteiger partial charge in [0.25, 0.3) is 0 Å². The average molecular weight is 363 g/mol. The summed E-state index contributed by atoms with van der Waals surface area (Å²) in [6, 6.07) is 21.0. The molecule has 0 aliphatic carbocycles. The lowest BCUT2D eigenvalue weighted by atomic mass is 9.87. The highest BCUT2D eigenvalue weighted by Crippen LogP contribution is 2.43. The van der Waals surface area contributed by atoms with Crippen molar-refractivity contribution in [1.29, 1.82) is 0 Å². The third-order valence-electron chi connectivity index (χ3n) is 4.41. The number of ether oxygens (including phenoxy) is 2. The van der Waals surface area contributed by atoms with Gasteiger partial charge in [-0.15, -0.1) is 0 Å². The Labute approximate surface area is 156 Å². The predicted octanol–water partition coefficient (Wildman–Crippen LogP) is 4.26. The maximum Gasteiger partial charge on any atom is 0.232 e. The number of carbonyl (C=O) groups excluding carboxylic acids is 1. The van der Waals surface area contributed by atoms with Crippen molar-refractivity contribution in [1.82, 2.24) is 5.32 Å². The summed E-state index contributed by atoms with van der Waals surface area (Å²) in [7, 11) is 0. The van der Waals surface area contributed by atoms with Crippen molar-refractivity contribution >= 4 is 5.91 Å². The van der Waals surface area contributed by atoms with E-state index in [9.17, 15) is 9.18 Å². The maximum atomic E-state index is 13.2. The molecule has 1 aliphatic heterocycles. The first kappa shape index (κ1) is 17.1. The molecule has 27 heavy (non-hydrogen) atoms. The standard InChI is InChI=1S/C22H18FNO3/c23-15-6-5-7-16(14-15)26-13-12-24-22(25)21-17-8-1-3-10-19(17)27-20-11-4-2-9-18(20)21/h1-11,14,21H,12-13H2,(H,24,25). The Balaban J connectivity index is 1.45. The summed E-state index contributed by atoms with van der Waals surface area (Å²) in [4.78, 5) is 12.9. The van der Waals surface area contributed by atoms with Gasteiger partial charge in [-0.1, -0.05) is 42.5 Å². The van der Waals surface area contributed by atoms with Crippen LogP contribution in [0.25, 0.3) is 0 Å². The van der Waals surface area contributed by atoms with Crippen molar-refractivity contribution < 1.29 is 18.7 Å². The highest BCUT2D eigenvalue weighted by atomic mass is 19.1. The Bertz CT molecular complexity index is 928. The van der Waals surface area contributed by atoms with E-state index < -0.39 is 5.92 Å². The Morgan fingerprint density at radius 3 is 2.30 bits per heavy atom. The number of hydrogen-bond acceptors (Lipinski definition) is 3. The minimum absolute atomic E-state index is 0.124. The molecule has 1 N–H and O–H groups in total. The molecule has 136 valence electrons. The van der Waals surface area contributed by atoms with Crippen LogP contribution in [0.3, 0.4) is 0 Å². The Morgan fingerprint density at radius 1 is 0.963 bits per heavy atom. The molecule has 4 rings (SSSR count). The minimum Gasteiger partial charge on any atom is -0.492 e. The van der Waals surface area contributed by atoms with Gasteiger partial charge in [-0.05, 0) is 24.3 Å². The number of halogens is 1. The van der Waals surface area contributed by atoms with Crippen LogP contribution < -0.4 is 14.8 Å². The number of nitrogens with one attached hydrogen (secondary N) is 1. The molecule has 5 heteroatoms. The van der Waals surface area contributed by atoms with E-state index in [1.54, 1.807) is 12.1 Å². The lowest BCUT2D eigenvalue weighted by Gasteiger charge is -2.27. The molecule has 1 heterocycles. The number of carbonyl (C=O) groups is 1. The molecule has 0 bridgehead atoms. The molecule has 0 saturated carbocycles. The second-order valence-electron chi connectivity index (χ2n) is 6.21. The van der Waals surface area contributed by atoms with Gasteiger partial charge < -0.3 is 14.8 Å². The number of amides is 1. The first-order valence-corrected chi connectivity index (χ1v) is 8.74. The smallest absolute Gasteiger partial charge is 0.232 e. The van der Waals surface area contributed by atoms with E-state index in [0.717, 1.165) is 11.1 Å². The van der Waals surface area contributed by atoms with E-state index in [-0.39, 0.29) is 18.3 Å². The first-order chi connectivity index (χ1) is 13.2. The van der Waals surface area contributed by atoms with Gasteiger partial charge in [0.15, 0.2) is 0 Å². The molecule has 1 aliphatic rings. The van der Waals surface area contributed by atoms with E-state index in [1.165, 1.54) is 12.1 Å². The highest BCUT2D eigenvalue weighted by Gasteiger charge is 2.32. The Kier molecular flexibility index (Phi) is 4.75. The van der Waals surface area contributed by atoms with Crippen LogP contribution in [0.2, 0.25) is 0 Å². The van der Waals surface area contributed by atoms with Gasteiger partial charge in [-0.25, -0.2) is 4.39 Å². The normalized spacial score (nSPS) is 12.5. The monoisotopic (exact) mass is 363 g/mol. The fourth-order valence-electron chi connectivity index (χ4n) is 3.19. The zero-order chi connectivity index (χ0) is 18.6. The van der Waals surface area contributed by atoms with Gasteiger partial charge in [0.05, 0.1) is 12.5 Å². The third kappa shape index (κ3) is 3.62. The van der Waals surface area contributed by atoms with Crippen LogP contribution in [0.15, 0.2) is 72.8 Å². The minimum atomic E-state index is -0.444. The fourth-order valence-corrected chi connectivity index (χ4v) is 3.19. The zero-order valence-electron chi connectivity index (χ0n) is 14.5. The molecule has 3 aromatic rings. The summed E-state index contributed by atoms with van der Waals surface area (Å²) in [5.74, 6) is 0.888. The van der Waals surface area contributed by atoms with Crippen LogP contribution in [-0.4, -0.2) is 19.1 Å². The summed E-state index contributed by atoms with van der Waals surface area (Å²) < 4.78 is 24.6. The molecule has 0 aromatic heterocycles. The summed E-state index contributed by atoms with van der Waals surface area (Å²) in [5.41, 5.74) is 1.67. The van der Waals surface area contributed by atoms with Crippen LogP contribution in [0.1, 0.15) is 17.0 Å². The van der Waals surface area contributed by atoms with E-state index in [4.69, 9.17) is 9.47 Å². The molecule has 0 unspecified atom stereocenters. The summed E-state index contributed by atoms with van der Waals surface area (Å²) >= 11 is 0. The topological polar surface area (TPSA) is 47.6 Å². The summed E-state index contributed by atoms with van der Waals surface area (Å²) in [5, 5.41) is 2.91. The van der Waals surface area contributed by atoms with Crippen LogP contribution in [-0.2, 0) is 4.79 Å². The van der Waals surface area contributed by atoms with E-state index in [1.807, 2.05) is 48.5 Å². The van der Waals surface area contributed by atoms with Crippen LogP contribution in [0, 0.1) is 5.82 Å². The van der Waals surface area contributed by atoms with E-state index in [0.29, 0.717) is 23.8 Å². The summed E-state index contributed by atoms with van der Waals surface area (Å²) in [6.45, 7) is 0.568. The molecule has 0 saturated heterocycles. The molecule has 4 nitrogen and oxygen atoms in total. The van der Waals surface area contributed by atoms with Crippen molar-refractivity contribution in [3.05, 3.63) is 89.7 Å². The Hall–Kier alpha value is -3.34. The molecule has 3 aromatic carbocycles. The van der Waals surface area contributed by atoms with Crippen molar-refractivity contribution in [2.45, 2.75) is 5.92 Å². The zero-order valence-corrected chi connectivity index (χ0v) is 14.5. The van der Waals surface area contributed by atoms with Crippen LogP contribution >= 0.6 is 0 Å². The van der Waals surface area contributed by atoms with Gasteiger partial charge in [0.2, 0.25) is 5.91 Å². The molecular weight excluding hydrogens is 345 g/mol. The van der Waals surface area contributed by atoms with Crippen molar-refractivity contribution in [3.8, 4) is 17.2 Å². The third-order valence-corrected chi connectivity index (χ3v) is 4.41. The summed E-state index contributed by atoms with van der Waals surface area (Å²) in [6.07, 6.45) is 0. The number of benzene rings is 3. The highest BCUT2D eigenvalue weighted by molar-refractivity contribution is 5.89. The van der Waals surface area contributed by atoms with Gasteiger partial charge in [-0.2, -0.15) is 0 Å². The molecule has 0 spiro atoms. The average Bonchev–Trinajstić information content (AvgIpc) is 2.69. The number of para-hydroxylation sites is 2. The van der Waals surface area contributed by atoms with Gasteiger partial charge >= 0.3 is 0 Å². The number of fused-ring (bicyclic) bond motifs is 2. The predicted molar refractivity (Wildman–Crippen MR) is 99.7 cm³/mol. The molecule has 0 atom stereocenters. The van der Waals surface area contributed by atoms with Crippen molar-refractivity contribution in [3.63, 3.8) is 0 Å². The second kappa shape index (κ2) is 7.50. The largest absolute Gasteiger partial charge is 0.492 e. The molecule has 0 radical (unpaired) electrons. The number of hydrogen-bond donors (Lipinski definition) is 1. The second-order valence-corrected chi connectivity index (χ2v) is 6.21. The van der Waals surface area contributed by atoms with Crippen LogP contribution in [0.5, 0.6) is 17.2 Å². The molecule has 0 fully saturated rings. The Morgan fingerprint density at radius 2 is 1.63 bits per heavy atom. The maximum absolute atomic E-state index is 13.2. The molecule has 1 amide bonds. The van der Waals surface area contributed by atoms with Gasteiger partial charge in [0, 0.05) is 17.2 Å². The quantitative estimate of drug-likeness (QED) is 0.689. The van der Waals surface area contributed by atoms with Crippen molar-refractivity contribution in [2.24, 2.45) is 0 Å². The molecular formula is C22H18FNO3. The van der Waals surface area contributed by atoms with Gasteiger partial charge in [0.1, 0.15) is 29.7 Å². The van der Waals surface area contributed by atoms with E-state index >= 15 is 0 Å². The van der Waals surface area contributed by atoms with Crippen molar-refractivity contribution in [2.75, 3.05) is 13.2 Å². The van der Waals surface area contributed by atoms with E-state index in [2.05, 4.69) is 5.32 Å². The fraction of sp³-hybridized carbons (Fsp3) is 0.136. The SMILES string of the molecule is O=C(NCCOc1cccc(F)c1)C1c2ccccc2Oc2ccccc21. The number of rotatable bonds is 5. The van der Waals surface area contributed by atoms with Crippen LogP contribution in [0.4, 0.5) is 4.39 Å².